The van der Waals surface area contributed by atoms with Crippen molar-refractivity contribution in [3.8, 4) is 0 Å². The maximum Gasteiger partial charge on any atom is 0.259 e. The Morgan fingerprint density at radius 2 is 2.06 bits per heavy atom. The van der Waals surface area contributed by atoms with Crippen LogP contribution in [0.25, 0.3) is 0 Å². The quantitative estimate of drug-likeness (QED) is 0.822. The van der Waals surface area contributed by atoms with Crippen molar-refractivity contribution in [2.75, 3.05) is 5.32 Å². The Labute approximate surface area is 107 Å². The number of nitrogens with zero attached hydrogens (tertiary/aromatic N) is 1. The van der Waals surface area contributed by atoms with Gasteiger partial charge in [-0.15, -0.1) is 11.3 Å². The van der Waals surface area contributed by atoms with E-state index in [9.17, 15) is 9.59 Å². The molecule has 0 bridgehead atoms. The van der Waals surface area contributed by atoms with E-state index in [1.54, 1.807) is 35.7 Å². The molecule has 2 aromatic rings. The molecule has 1 aliphatic heterocycles. The van der Waals surface area contributed by atoms with Gasteiger partial charge in [-0.1, -0.05) is 0 Å². The zero-order valence-electron chi connectivity index (χ0n) is 9.27. The number of nitrogens with one attached hydrogen (secondary N) is 2. The number of rotatable bonds is 3. The molecule has 5 nitrogen and oxygen atoms in total. The highest BCUT2D eigenvalue weighted by Crippen LogP contribution is 2.20. The van der Waals surface area contributed by atoms with Gasteiger partial charge in [0.25, 0.3) is 11.8 Å². The van der Waals surface area contributed by atoms with Gasteiger partial charge in [0.2, 0.25) is 0 Å². The van der Waals surface area contributed by atoms with Crippen LogP contribution in [0.5, 0.6) is 0 Å². The summed E-state index contributed by atoms with van der Waals surface area (Å²) in [6.45, 7) is 0.603. The smallest absolute Gasteiger partial charge is 0.259 e. The third-order valence-corrected chi connectivity index (χ3v) is 3.44. The number of aromatic nitrogens is 1. The molecule has 6 heteroatoms. The van der Waals surface area contributed by atoms with Gasteiger partial charge in [-0.2, -0.15) is 0 Å². The minimum Gasteiger partial charge on any atom is -0.379 e. The molecule has 1 aliphatic rings. The van der Waals surface area contributed by atoms with E-state index >= 15 is 0 Å². The fourth-order valence-electron chi connectivity index (χ4n) is 1.80. The number of carbonyl (C=O) groups is 2. The van der Waals surface area contributed by atoms with E-state index in [0.29, 0.717) is 17.7 Å². The number of hydrogen-bond donors (Lipinski definition) is 2. The van der Waals surface area contributed by atoms with Crippen molar-refractivity contribution in [2.24, 2.45) is 0 Å². The van der Waals surface area contributed by atoms with Crippen molar-refractivity contribution in [3.05, 3.63) is 45.9 Å². The molecule has 0 unspecified atom stereocenters. The molecule has 0 saturated carbocycles. The molecule has 0 atom stereocenters. The topological polar surface area (TPSA) is 71.1 Å². The Morgan fingerprint density at radius 1 is 1.22 bits per heavy atom. The second kappa shape index (κ2) is 4.23. The molecule has 2 N–H and O–H groups in total. The molecule has 2 amide bonds. The minimum atomic E-state index is -0.340. The summed E-state index contributed by atoms with van der Waals surface area (Å²) in [5.41, 5.74) is 1.65. The SMILES string of the molecule is O=C1NC(=O)c2cc(NCc3nccs3)ccc21. The van der Waals surface area contributed by atoms with Crippen molar-refractivity contribution >= 4 is 28.8 Å². The van der Waals surface area contributed by atoms with Crippen LogP contribution in [-0.2, 0) is 6.54 Å². The van der Waals surface area contributed by atoms with Crippen molar-refractivity contribution in [3.63, 3.8) is 0 Å². The average Bonchev–Trinajstić information content (AvgIpc) is 2.97. The molecule has 0 aliphatic carbocycles. The lowest BCUT2D eigenvalue weighted by molar-refractivity contribution is 0.0879. The highest BCUT2D eigenvalue weighted by molar-refractivity contribution is 7.09. The Kier molecular flexibility index (Phi) is 2.56. The van der Waals surface area contributed by atoms with Crippen molar-refractivity contribution < 1.29 is 9.59 Å². The summed E-state index contributed by atoms with van der Waals surface area (Å²) in [5, 5.41) is 8.31. The maximum atomic E-state index is 11.5. The fourth-order valence-corrected chi connectivity index (χ4v) is 2.35. The van der Waals surface area contributed by atoms with Gasteiger partial charge in [-0.25, -0.2) is 4.98 Å². The summed E-state index contributed by atoms with van der Waals surface area (Å²) in [4.78, 5) is 27.0. The monoisotopic (exact) mass is 259 g/mol. The van der Waals surface area contributed by atoms with E-state index in [-0.39, 0.29) is 11.8 Å². The summed E-state index contributed by atoms with van der Waals surface area (Å²) in [6, 6.07) is 5.12. The number of anilines is 1. The molecule has 3 rings (SSSR count). The summed E-state index contributed by atoms with van der Waals surface area (Å²) in [5.74, 6) is -0.672. The Balaban J connectivity index is 1.81. The second-order valence-electron chi connectivity index (χ2n) is 3.82. The number of imide groups is 1. The third kappa shape index (κ3) is 1.86. The molecule has 2 heterocycles. The number of thiazole rings is 1. The van der Waals surface area contributed by atoms with Crippen LogP contribution in [0.3, 0.4) is 0 Å². The van der Waals surface area contributed by atoms with Gasteiger partial charge >= 0.3 is 0 Å². The largest absolute Gasteiger partial charge is 0.379 e. The van der Waals surface area contributed by atoms with Crippen LogP contribution >= 0.6 is 11.3 Å². The van der Waals surface area contributed by atoms with Gasteiger partial charge in [0, 0.05) is 17.3 Å². The van der Waals surface area contributed by atoms with Crippen LogP contribution < -0.4 is 10.6 Å². The van der Waals surface area contributed by atoms with E-state index in [2.05, 4.69) is 15.6 Å². The normalized spacial score (nSPS) is 13.3. The second-order valence-corrected chi connectivity index (χ2v) is 4.80. The van der Waals surface area contributed by atoms with Gasteiger partial charge in [0.05, 0.1) is 17.7 Å². The molecule has 0 radical (unpaired) electrons. The van der Waals surface area contributed by atoms with Crippen molar-refractivity contribution in [1.29, 1.82) is 0 Å². The minimum absolute atomic E-state index is 0.332. The average molecular weight is 259 g/mol. The molecule has 0 saturated heterocycles. The van der Waals surface area contributed by atoms with Gasteiger partial charge in [0.15, 0.2) is 0 Å². The van der Waals surface area contributed by atoms with Crippen LogP contribution in [0, 0.1) is 0 Å². The van der Waals surface area contributed by atoms with Crippen LogP contribution in [0.15, 0.2) is 29.8 Å². The number of hydrogen-bond acceptors (Lipinski definition) is 5. The molecule has 18 heavy (non-hydrogen) atoms. The van der Waals surface area contributed by atoms with Crippen molar-refractivity contribution in [2.45, 2.75) is 6.54 Å². The van der Waals surface area contributed by atoms with Crippen LogP contribution in [-0.4, -0.2) is 16.8 Å². The highest BCUT2D eigenvalue weighted by atomic mass is 32.1. The predicted molar refractivity (Wildman–Crippen MR) is 67.7 cm³/mol. The van der Waals surface area contributed by atoms with Crippen LogP contribution in [0.4, 0.5) is 5.69 Å². The number of fused-ring (bicyclic) bond motifs is 1. The van der Waals surface area contributed by atoms with Crippen LogP contribution in [0.2, 0.25) is 0 Å². The van der Waals surface area contributed by atoms with E-state index in [1.165, 1.54) is 0 Å². The van der Waals surface area contributed by atoms with E-state index in [1.807, 2.05) is 5.38 Å². The van der Waals surface area contributed by atoms with E-state index in [4.69, 9.17) is 0 Å². The first-order valence-corrected chi connectivity index (χ1v) is 6.24. The Hall–Kier alpha value is -2.21. The standard InChI is InChI=1S/C12H9N3O2S/c16-11-8-2-1-7(5-9(8)12(17)15-11)14-6-10-13-3-4-18-10/h1-5,14H,6H2,(H,15,16,17). The van der Waals surface area contributed by atoms with Gasteiger partial charge in [-0.05, 0) is 18.2 Å². The van der Waals surface area contributed by atoms with Crippen LogP contribution in [0.1, 0.15) is 25.7 Å². The molecular weight excluding hydrogens is 250 g/mol. The summed E-state index contributed by atoms with van der Waals surface area (Å²) >= 11 is 1.56. The maximum absolute atomic E-state index is 11.5. The summed E-state index contributed by atoms with van der Waals surface area (Å²) in [6.07, 6.45) is 1.75. The molecule has 90 valence electrons. The Bertz CT molecular complexity index is 622. The molecular formula is C12H9N3O2S. The first-order chi connectivity index (χ1) is 8.74. The highest BCUT2D eigenvalue weighted by Gasteiger charge is 2.26. The zero-order valence-corrected chi connectivity index (χ0v) is 10.1. The first kappa shape index (κ1) is 10.9. The zero-order chi connectivity index (χ0) is 12.5. The van der Waals surface area contributed by atoms with E-state index in [0.717, 1.165) is 10.7 Å². The van der Waals surface area contributed by atoms with Crippen molar-refractivity contribution in [1.82, 2.24) is 10.3 Å². The number of benzene rings is 1. The molecule has 1 aromatic carbocycles. The van der Waals surface area contributed by atoms with Gasteiger partial charge in [0.1, 0.15) is 5.01 Å². The van der Waals surface area contributed by atoms with Gasteiger partial charge in [-0.3, -0.25) is 14.9 Å². The number of carbonyl (C=O) groups excluding carboxylic acids is 2. The molecule has 1 aromatic heterocycles. The summed E-state index contributed by atoms with van der Waals surface area (Å²) < 4.78 is 0. The molecule has 0 fully saturated rings. The van der Waals surface area contributed by atoms with E-state index < -0.39 is 0 Å². The fraction of sp³-hybridized carbons (Fsp3) is 0.0833. The van der Waals surface area contributed by atoms with Gasteiger partial charge < -0.3 is 5.32 Å². The lowest BCUT2D eigenvalue weighted by atomic mass is 10.1. The molecule has 0 spiro atoms. The lowest BCUT2D eigenvalue weighted by Crippen LogP contribution is -2.19. The number of amides is 2. The lowest BCUT2D eigenvalue weighted by Gasteiger charge is -2.05. The summed E-state index contributed by atoms with van der Waals surface area (Å²) in [7, 11) is 0. The Morgan fingerprint density at radius 3 is 2.83 bits per heavy atom. The predicted octanol–water partition coefficient (Wildman–Crippen LogP) is 1.64. The first-order valence-electron chi connectivity index (χ1n) is 5.36. The third-order valence-electron chi connectivity index (χ3n) is 2.66.